The van der Waals surface area contributed by atoms with Gasteiger partial charge in [-0.25, -0.2) is 0 Å². The van der Waals surface area contributed by atoms with Crippen LogP contribution >= 0.6 is 0 Å². The summed E-state index contributed by atoms with van der Waals surface area (Å²) in [7, 11) is 0. The summed E-state index contributed by atoms with van der Waals surface area (Å²) in [6.45, 7) is 5.94. The summed E-state index contributed by atoms with van der Waals surface area (Å²) in [6, 6.07) is 0. The van der Waals surface area contributed by atoms with Crippen LogP contribution in [0.3, 0.4) is 0 Å². The van der Waals surface area contributed by atoms with E-state index >= 15 is 0 Å². The molecule has 1 heterocycles. The molecule has 2 N–H and O–H groups in total. The molecule has 13 nitrogen and oxygen atoms in total. The molecule has 13 heteroatoms. The van der Waals surface area contributed by atoms with Gasteiger partial charge in [0, 0.05) is 38.2 Å². The van der Waals surface area contributed by atoms with Gasteiger partial charge in [0.2, 0.25) is 5.91 Å². The van der Waals surface area contributed by atoms with Crippen molar-refractivity contribution in [3.63, 3.8) is 0 Å². The Labute approximate surface area is 210 Å². The van der Waals surface area contributed by atoms with E-state index in [1.54, 1.807) is 0 Å². The third-order valence-corrected chi connectivity index (χ3v) is 4.48. The van der Waals surface area contributed by atoms with E-state index in [-0.39, 0.29) is 97.7 Å². The van der Waals surface area contributed by atoms with Crippen molar-refractivity contribution in [1.82, 2.24) is 9.80 Å². The van der Waals surface area contributed by atoms with E-state index in [2.05, 4.69) is 0 Å². The van der Waals surface area contributed by atoms with Crippen LogP contribution in [-0.4, -0.2) is 122 Å². The highest BCUT2D eigenvalue weighted by Gasteiger charge is 2.24. The normalized spacial score (nSPS) is 12.4. The highest BCUT2D eigenvalue weighted by atomic mass is 16.5. The van der Waals surface area contributed by atoms with E-state index < -0.39 is 23.8 Å². The van der Waals surface area contributed by atoms with Crippen molar-refractivity contribution in [2.75, 3.05) is 72.5 Å². The molecule has 1 aliphatic heterocycles. The lowest BCUT2D eigenvalue weighted by atomic mass is 10.3. The van der Waals surface area contributed by atoms with Crippen LogP contribution in [0.5, 0.6) is 0 Å². The molecular formula is C23H38N2O11. The van der Waals surface area contributed by atoms with Crippen LogP contribution in [0.2, 0.25) is 0 Å². The van der Waals surface area contributed by atoms with Crippen molar-refractivity contribution in [3.8, 4) is 0 Å². The number of nitrogens with zero attached hydrogens (tertiary/aromatic N) is 2. The number of hydrogen-bond donors (Lipinski definition) is 2. The fourth-order valence-electron chi connectivity index (χ4n) is 2.69. The van der Waals surface area contributed by atoms with Gasteiger partial charge in [0.15, 0.2) is 0 Å². The van der Waals surface area contributed by atoms with Crippen LogP contribution in [0.4, 0.5) is 0 Å². The summed E-state index contributed by atoms with van der Waals surface area (Å²) in [4.78, 5) is 59.2. The van der Waals surface area contributed by atoms with Gasteiger partial charge >= 0.3 is 11.9 Å². The Hall–Kier alpha value is -2.87. The predicted molar refractivity (Wildman–Crippen MR) is 126 cm³/mol. The Morgan fingerprint density at radius 1 is 0.694 bits per heavy atom. The number of carboxylic acid groups (broad SMARTS) is 2. The third-order valence-electron chi connectivity index (χ3n) is 4.48. The molecule has 0 radical (unpaired) electrons. The Morgan fingerprint density at radius 3 is 1.47 bits per heavy atom. The van der Waals surface area contributed by atoms with Crippen molar-refractivity contribution in [1.29, 1.82) is 0 Å². The fourth-order valence-corrected chi connectivity index (χ4v) is 2.69. The molecular weight excluding hydrogens is 480 g/mol. The Bertz CT molecular complexity index is 664. The molecule has 0 unspecified atom stereocenters. The largest absolute Gasteiger partial charge is 0.481 e. The Kier molecular flexibility index (Phi) is 19.7. The number of imide groups is 1. The number of carboxylic acids is 2. The second kappa shape index (κ2) is 21.4. The molecule has 206 valence electrons. The number of amides is 3. The smallest absolute Gasteiger partial charge is 0.305 e. The van der Waals surface area contributed by atoms with Gasteiger partial charge in [-0.1, -0.05) is 13.8 Å². The zero-order chi connectivity index (χ0) is 27.2. The van der Waals surface area contributed by atoms with Crippen LogP contribution in [0.1, 0.15) is 33.1 Å². The summed E-state index contributed by atoms with van der Waals surface area (Å²) < 4.78 is 21.1. The van der Waals surface area contributed by atoms with E-state index in [0.717, 1.165) is 17.1 Å². The molecule has 0 saturated heterocycles. The molecule has 0 bridgehead atoms. The zero-order valence-corrected chi connectivity index (χ0v) is 21.0. The first-order valence-electron chi connectivity index (χ1n) is 11.9. The molecule has 3 amide bonds. The number of carbonyl (C=O) groups excluding carboxylic acids is 3. The SMILES string of the molecule is CC.O=C(O)CCOCCOCCN(CCOCCOCCC(=O)O)C(=O)CCN1C(=O)C=CC1=O. The van der Waals surface area contributed by atoms with Crippen molar-refractivity contribution >= 4 is 29.7 Å². The van der Waals surface area contributed by atoms with Crippen LogP contribution in [0.15, 0.2) is 12.2 Å². The lowest BCUT2D eigenvalue weighted by Crippen LogP contribution is -2.40. The summed E-state index contributed by atoms with van der Waals surface area (Å²) in [5, 5.41) is 17.1. The topological polar surface area (TPSA) is 169 Å². The first kappa shape index (κ1) is 33.1. The van der Waals surface area contributed by atoms with Crippen LogP contribution < -0.4 is 0 Å². The minimum atomic E-state index is -0.947. The fraction of sp³-hybridized carbons (Fsp3) is 0.696. The molecule has 0 aromatic heterocycles. The maximum Gasteiger partial charge on any atom is 0.305 e. The summed E-state index contributed by atoms with van der Waals surface area (Å²) in [5.74, 6) is -3.09. The van der Waals surface area contributed by atoms with Crippen molar-refractivity contribution in [3.05, 3.63) is 12.2 Å². The molecule has 0 fully saturated rings. The summed E-state index contributed by atoms with van der Waals surface area (Å²) >= 11 is 0. The molecule has 0 saturated carbocycles. The van der Waals surface area contributed by atoms with Gasteiger partial charge in [-0.2, -0.15) is 0 Å². The van der Waals surface area contributed by atoms with Crippen LogP contribution in [0, 0.1) is 0 Å². The van der Waals surface area contributed by atoms with Gasteiger partial charge in [-0.15, -0.1) is 0 Å². The number of hydrogen-bond acceptors (Lipinski definition) is 9. The molecule has 1 rings (SSSR count). The van der Waals surface area contributed by atoms with Crippen molar-refractivity contribution in [2.45, 2.75) is 33.1 Å². The minimum Gasteiger partial charge on any atom is -0.481 e. The van der Waals surface area contributed by atoms with E-state index in [4.69, 9.17) is 29.2 Å². The molecule has 36 heavy (non-hydrogen) atoms. The number of ether oxygens (including phenoxy) is 4. The lowest BCUT2D eigenvalue weighted by Gasteiger charge is -2.24. The van der Waals surface area contributed by atoms with Gasteiger partial charge in [0.05, 0.1) is 65.7 Å². The minimum absolute atomic E-state index is 0.0312. The maximum atomic E-state index is 12.6. The third kappa shape index (κ3) is 16.7. The highest BCUT2D eigenvalue weighted by Crippen LogP contribution is 2.06. The maximum absolute atomic E-state index is 12.6. The summed E-state index contributed by atoms with van der Waals surface area (Å²) in [5.41, 5.74) is 0. The van der Waals surface area contributed by atoms with Gasteiger partial charge in [-0.3, -0.25) is 28.9 Å². The van der Waals surface area contributed by atoms with Gasteiger partial charge in [0.25, 0.3) is 11.8 Å². The van der Waals surface area contributed by atoms with Gasteiger partial charge in [-0.05, 0) is 0 Å². The van der Waals surface area contributed by atoms with Crippen LogP contribution in [0.25, 0.3) is 0 Å². The predicted octanol–water partition coefficient (Wildman–Crippen LogP) is 0.172. The average molecular weight is 519 g/mol. The summed E-state index contributed by atoms with van der Waals surface area (Å²) in [6.07, 6.45) is 2.08. The number of rotatable bonds is 21. The second-order valence-electron chi connectivity index (χ2n) is 7.03. The van der Waals surface area contributed by atoms with Crippen molar-refractivity contribution in [2.24, 2.45) is 0 Å². The molecule has 1 aliphatic rings. The van der Waals surface area contributed by atoms with Crippen LogP contribution in [-0.2, 0) is 42.9 Å². The molecule has 0 aromatic carbocycles. The van der Waals surface area contributed by atoms with E-state index in [9.17, 15) is 24.0 Å². The number of aliphatic carboxylic acids is 2. The van der Waals surface area contributed by atoms with E-state index in [1.807, 2.05) is 13.8 Å². The molecule has 0 spiro atoms. The van der Waals surface area contributed by atoms with Crippen molar-refractivity contribution < 1.29 is 53.1 Å². The molecule has 0 atom stereocenters. The first-order valence-corrected chi connectivity index (χ1v) is 11.9. The number of carbonyl (C=O) groups is 5. The van der Waals surface area contributed by atoms with E-state index in [1.165, 1.54) is 4.90 Å². The Balaban J connectivity index is 0.00000596. The molecule has 0 aromatic rings. The second-order valence-corrected chi connectivity index (χ2v) is 7.03. The first-order chi connectivity index (χ1) is 17.3. The zero-order valence-electron chi connectivity index (χ0n) is 21.0. The monoisotopic (exact) mass is 518 g/mol. The molecule has 0 aliphatic carbocycles. The van der Waals surface area contributed by atoms with E-state index in [0.29, 0.717) is 0 Å². The van der Waals surface area contributed by atoms with Gasteiger partial charge in [0.1, 0.15) is 0 Å². The van der Waals surface area contributed by atoms with Gasteiger partial charge < -0.3 is 34.1 Å². The Morgan fingerprint density at radius 2 is 1.08 bits per heavy atom. The highest BCUT2D eigenvalue weighted by molar-refractivity contribution is 6.13. The standard InChI is InChI=1S/C21H32N2O11.C2H6/c24-17(3-6-23-18(25)1-2-19(23)26)22(7-11-33-15-13-31-9-4-20(27)28)8-12-34-16-14-32-10-5-21(29)30;1-2/h1-2H,3-16H2,(H,27,28)(H,29,30);1-2H3. The quantitative estimate of drug-likeness (QED) is 0.157. The lowest BCUT2D eigenvalue weighted by molar-refractivity contribution is -0.139. The average Bonchev–Trinajstić information content (AvgIpc) is 3.17.